The van der Waals surface area contributed by atoms with Crippen molar-refractivity contribution in [3.63, 3.8) is 0 Å². The van der Waals surface area contributed by atoms with Gasteiger partial charge in [-0.15, -0.1) is 18.2 Å². The van der Waals surface area contributed by atoms with Crippen LogP contribution in [0.1, 0.15) is 12.8 Å². The average molecular weight is 299 g/mol. The van der Waals surface area contributed by atoms with E-state index in [0.717, 1.165) is 0 Å². The number of esters is 2. The highest BCUT2D eigenvalue weighted by Gasteiger charge is 2.63. The van der Waals surface area contributed by atoms with E-state index < -0.39 is 17.4 Å². The maximum atomic E-state index is 12.3. The van der Waals surface area contributed by atoms with E-state index in [1.807, 2.05) is 12.2 Å². The van der Waals surface area contributed by atoms with E-state index in [0.29, 0.717) is 12.8 Å². The fraction of sp³-hybridized carbons (Fsp3) is 0.600. The van der Waals surface area contributed by atoms with E-state index in [1.165, 1.54) is 14.2 Å². The number of hydrogen-bond donors (Lipinski definition) is 0. The molecule has 0 bridgehead atoms. The molecule has 20 heavy (non-hydrogen) atoms. The molecule has 0 spiro atoms. The van der Waals surface area contributed by atoms with Crippen LogP contribution in [-0.4, -0.2) is 31.5 Å². The summed E-state index contributed by atoms with van der Waals surface area (Å²) in [5.74, 6) is -1.18. The lowest BCUT2D eigenvalue weighted by Crippen LogP contribution is -2.46. The molecule has 0 unspecified atom stereocenters. The van der Waals surface area contributed by atoms with Gasteiger partial charge in [0.05, 0.1) is 19.6 Å². The molecule has 0 radical (unpaired) electrons. The quantitative estimate of drug-likeness (QED) is 0.347. The largest absolute Gasteiger partial charge is 0.468 e. The lowest BCUT2D eigenvalue weighted by molar-refractivity contribution is -0.173. The highest BCUT2D eigenvalue weighted by atomic mass is 35.5. The van der Waals surface area contributed by atoms with Gasteiger partial charge >= 0.3 is 11.9 Å². The standard InChI is InChI=1S/C15H19ClO4/c1-4-9-8-15(13(17)19-2,14(18)20-3)12-7-10(16)5-6-11(9)12/h4-6,9-12H,1,7-8H2,2-3H3/t9-,10+,11+,12+/m0/s1. The summed E-state index contributed by atoms with van der Waals surface area (Å²) in [5.41, 5.74) is -1.27. The Morgan fingerprint density at radius 2 is 1.90 bits per heavy atom. The van der Waals surface area contributed by atoms with Gasteiger partial charge in [-0.25, -0.2) is 0 Å². The fourth-order valence-corrected chi connectivity index (χ4v) is 3.92. The lowest BCUT2D eigenvalue weighted by atomic mass is 9.71. The molecule has 0 aromatic carbocycles. The average Bonchev–Trinajstić information content (AvgIpc) is 2.80. The maximum absolute atomic E-state index is 12.3. The number of methoxy groups -OCH3 is 2. The highest BCUT2D eigenvalue weighted by molar-refractivity contribution is 6.22. The first-order valence-electron chi connectivity index (χ1n) is 6.63. The van der Waals surface area contributed by atoms with Gasteiger partial charge in [-0.05, 0) is 30.6 Å². The van der Waals surface area contributed by atoms with E-state index in [2.05, 4.69) is 6.58 Å². The number of carbonyl (C=O) groups is 2. The SMILES string of the molecule is C=C[C@H]1CC(C(=O)OC)(C(=O)OC)[C@@H]2C[C@H](Cl)C=C[C@@H]21. The minimum absolute atomic E-state index is 0.0404. The van der Waals surface area contributed by atoms with Gasteiger partial charge in [-0.3, -0.25) is 9.59 Å². The van der Waals surface area contributed by atoms with Crippen LogP contribution < -0.4 is 0 Å². The van der Waals surface area contributed by atoms with Gasteiger partial charge in [-0.2, -0.15) is 0 Å². The van der Waals surface area contributed by atoms with Gasteiger partial charge in [0.1, 0.15) is 0 Å². The predicted octanol–water partition coefficient (Wildman–Crippen LogP) is 2.32. The van der Waals surface area contributed by atoms with Gasteiger partial charge in [0, 0.05) is 0 Å². The first kappa shape index (κ1) is 15.1. The second kappa shape index (κ2) is 5.60. The molecule has 5 heteroatoms. The number of hydrogen-bond acceptors (Lipinski definition) is 4. The van der Waals surface area contributed by atoms with Crippen LogP contribution in [-0.2, 0) is 19.1 Å². The van der Waals surface area contributed by atoms with Crippen LogP contribution in [0, 0.1) is 23.2 Å². The molecule has 110 valence electrons. The molecule has 0 heterocycles. The number of ether oxygens (including phenoxy) is 2. The van der Waals surface area contributed by atoms with Crippen molar-refractivity contribution in [2.24, 2.45) is 23.2 Å². The van der Waals surface area contributed by atoms with E-state index in [9.17, 15) is 9.59 Å². The number of halogens is 1. The first-order valence-corrected chi connectivity index (χ1v) is 7.06. The lowest BCUT2D eigenvalue weighted by Gasteiger charge is -2.34. The number of allylic oxidation sites excluding steroid dienone is 3. The number of fused-ring (bicyclic) bond motifs is 1. The molecule has 1 saturated carbocycles. The maximum Gasteiger partial charge on any atom is 0.323 e. The van der Waals surface area contributed by atoms with Crippen molar-refractivity contribution in [3.05, 3.63) is 24.8 Å². The molecule has 0 aromatic rings. The molecule has 4 nitrogen and oxygen atoms in total. The van der Waals surface area contributed by atoms with Gasteiger partial charge in [-0.1, -0.05) is 18.2 Å². The molecule has 0 N–H and O–H groups in total. The van der Waals surface area contributed by atoms with E-state index in [1.54, 1.807) is 6.08 Å². The summed E-state index contributed by atoms with van der Waals surface area (Å²) in [6, 6.07) is 0. The Morgan fingerprint density at radius 3 is 2.40 bits per heavy atom. The third-order valence-corrected chi connectivity index (χ3v) is 4.90. The Bertz CT molecular complexity index is 441. The minimum atomic E-state index is -1.27. The molecule has 2 aliphatic rings. The Kier molecular flexibility index (Phi) is 4.23. The molecule has 4 atom stereocenters. The smallest absolute Gasteiger partial charge is 0.323 e. The Hall–Kier alpha value is -1.29. The number of rotatable bonds is 3. The van der Waals surface area contributed by atoms with Crippen molar-refractivity contribution in [2.75, 3.05) is 14.2 Å². The summed E-state index contributed by atoms with van der Waals surface area (Å²) in [6.07, 6.45) is 6.62. The van der Waals surface area contributed by atoms with Crippen LogP contribution in [0.5, 0.6) is 0 Å². The van der Waals surface area contributed by atoms with Crippen molar-refractivity contribution < 1.29 is 19.1 Å². The van der Waals surface area contributed by atoms with Crippen LogP contribution in [0.15, 0.2) is 24.8 Å². The normalized spacial score (nSPS) is 34.1. The monoisotopic (exact) mass is 298 g/mol. The number of carbonyl (C=O) groups excluding carboxylic acids is 2. The Labute approximate surface area is 123 Å². The van der Waals surface area contributed by atoms with Crippen LogP contribution in [0.2, 0.25) is 0 Å². The van der Waals surface area contributed by atoms with Crippen molar-refractivity contribution in [3.8, 4) is 0 Å². The highest BCUT2D eigenvalue weighted by Crippen LogP contribution is 2.56. The topological polar surface area (TPSA) is 52.6 Å². The van der Waals surface area contributed by atoms with E-state index >= 15 is 0 Å². The zero-order valence-corrected chi connectivity index (χ0v) is 12.4. The van der Waals surface area contributed by atoms with Crippen molar-refractivity contribution in [2.45, 2.75) is 18.2 Å². The number of alkyl halides is 1. The third-order valence-electron chi connectivity index (χ3n) is 4.57. The summed E-state index contributed by atoms with van der Waals surface area (Å²) in [6.45, 7) is 3.82. The molecule has 0 aliphatic heterocycles. The second-order valence-corrected chi connectivity index (χ2v) is 5.94. The van der Waals surface area contributed by atoms with Crippen LogP contribution in [0.25, 0.3) is 0 Å². The van der Waals surface area contributed by atoms with E-state index in [-0.39, 0.29) is 23.1 Å². The van der Waals surface area contributed by atoms with Gasteiger partial charge in [0.2, 0.25) is 0 Å². The van der Waals surface area contributed by atoms with Gasteiger partial charge in [0.15, 0.2) is 5.41 Å². The summed E-state index contributed by atoms with van der Waals surface area (Å²) in [5, 5.41) is -0.187. The summed E-state index contributed by atoms with van der Waals surface area (Å²) in [4.78, 5) is 24.7. The zero-order valence-electron chi connectivity index (χ0n) is 11.7. The van der Waals surface area contributed by atoms with Gasteiger partial charge in [0.25, 0.3) is 0 Å². The molecule has 0 amide bonds. The van der Waals surface area contributed by atoms with Crippen molar-refractivity contribution in [1.29, 1.82) is 0 Å². The third kappa shape index (κ3) is 2.06. The summed E-state index contributed by atoms with van der Waals surface area (Å²) >= 11 is 6.18. The zero-order chi connectivity index (χ0) is 14.9. The Morgan fingerprint density at radius 1 is 1.30 bits per heavy atom. The fourth-order valence-electron chi connectivity index (χ4n) is 3.65. The predicted molar refractivity (Wildman–Crippen MR) is 75.1 cm³/mol. The molecular weight excluding hydrogens is 280 g/mol. The first-order chi connectivity index (χ1) is 9.51. The van der Waals surface area contributed by atoms with Gasteiger partial charge < -0.3 is 9.47 Å². The molecule has 2 aliphatic carbocycles. The van der Waals surface area contributed by atoms with E-state index in [4.69, 9.17) is 21.1 Å². The Balaban J connectivity index is 2.51. The second-order valence-electron chi connectivity index (χ2n) is 5.38. The molecule has 0 saturated heterocycles. The van der Waals surface area contributed by atoms with Crippen molar-refractivity contribution >= 4 is 23.5 Å². The van der Waals surface area contributed by atoms with Crippen LogP contribution >= 0.6 is 11.6 Å². The summed E-state index contributed by atoms with van der Waals surface area (Å²) in [7, 11) is 2.58. The molecular formula is C15H19ClO4. The minimum Gasteiger partial charge on any atom is -0.468 e. The molecule has 2 rings (SSSR count). The summed E-state index contributed by atoms with van der Waals surface area (Å²) < 4.78 is 9.79. The van der Waals surface area contributed by atoms with Crippen molar-refractivity contribution in [1.82, 2.24) is 0 Å². The van der Waals surface area contributed by atoms with Crippen LogP contribution in [0.3, 0.4) is 0 Å². The molecule has 0 aromatic heterocycles. The molecule has 1 fully saturated rings. The van der Waals surface area contributed by atoms with Crippen LogP contribution in [0.4, 0.5) is 0 Å².